The van der Waals surface area contributed by atoms with Gasteiger partial charge in [-0.3, -0.25) is 4.68 Å². The fourth-order valence-corrected chi connectivity index (χ4v) is 4.93. The highest BCUT2D eigenvalue weighted by atomic mass is 32.2. The molecule has 34 heavy (non-hydrogen) atoms. The molecule has 1 aromatic carbocycles. The Bertz CT molecular complexity index is 1400. The van der Waals surface area contributed by atoms with Crippen molar-refractivity contribution >= 4 is 27.6 Å². The zero-order valence-corrected chi connectivity index (χ0v) is 19.5. The first kappa shape index (κ1) is 23.3. The topological polar surface area (TPSA) is 145 Å². The van der Waals surface area contributed by atoms with Crippen LogP contribution in [0.2, 0.25) is 0 Å². The lowest BCUT2D eigenvalue weighted by Gasteiger charge is -2.16. The van der Waals surface area contributed by atoms with Gasteiger partial charge in [-0.25, -0.2) is 12.8 Å². The third kappa shape index (κ3) is 4.89. The molecular weight excluding hydrogens is 463 g/mol. The number of anilines is 3. The van der Waals surface area contributed by atoms with Crippen LogP contribution in [0.1, 0.15) is 23.0 Å². The Labute approximate surface area is 195 Å². The smallest absolute Gasteiger partial charge is 0.246 e. The summed E-state index contributed by atoms with van der Waals surface area (Å²) in [5, 5.41) is 7.33. The van der Waals surface area contributed by atoms with Crippen LogP contribution < -0.4 is 11.1 Å². The standard InChI is InChI=1S/C21H23FN8O3S/c1-13-19(34(31,32)29(3)11-17-5-4-10-33-17)14(2)30(28-13)12-18-25-20(23)27-21(26-18)24-16-8-6-15(22)7-9-16/h4-10H,11-12H2,1-3H3,(H3,23,24,25,26,27). The van der Waals surface area contributed by atoms with E-state index in [-0.39, 0.29) is 41.5 Å². The number of nitrogens with zero attached hydrogens (tertiary/aromatic N) is 6. The number of furan rings is 1. The quantitative estimate of drug-likeness (QED) is 0.384. The minimum absolute atomic E-state index is 0.0258. The molecule has 4 aromatic rings. The molecule has 0 aliphatic rings. The van der Waals surface area contributed by atoms with E-state index in [0.717, 1.165) is 0 Å². The number of hydrogen-bond acceptors (Lipinski definition) is 9. The number of sulfonamides is 1. The van der Waals surface area contributed by atoms with Crippen LogP contribution in [0.25, 0.3) is 0 Å². The number of aromatic nitrogens is 5. The third-order valence-corrected chi connectivity index (χ3v) is 7.09. The van der Waals surface area contributed by atoms with Gasteiger partial charge in [0, 0.05) is 12.7 Å². The Morgan fingerprint density at radius 3 is 2.56 bits per heavy atom. The normalized spacial score (nSPS) is 11.8. The molecule has 0 saturated carbocycles. The van der Waals surface area contributed by atoms with Crippen molar-refractivity contribution in [2.45, 2.75) is 31.8 Å². The van der Waals surface area contributed by atoms with E-state index < -0.39 is 10.0 Å². The van der Waals surface area contributed by atoms with Crippen molar-refractivity contribution < 1.29 is 17.2 Å². The highest BCUT2D eigenvalue weighted by Gasteiger charge is 2.29. The van der Waals surface area contributed by atoms with E-state index >= 15 is 0 Å². The summed E-state index contributed by atoms with van der Waals surface area (Å²) in [7, 11) is -2.36. The first-order valence-corrected chi connectivity index (χ1v) is 11.6. The fourth-order valence-electron chi connectivity index (χ4n) is 3.43. The van der Waals surface area contributed by atoms with Gasteiger partial charge in [-0.2, -0.15) is 24.4 Å². The van der Waals surface area contributed by atoms with E-state index in [9.17, 15) is 12.8 Å². The lowest BCUT2D eigenvalue weighted by Crippen LogP contribution is -2.27. The molecule has 0 atom stereocenters. The first-order valence-electron chi connectivity index (χ1n) is 10.2. The van der Waals surface area contributed by atoms with Gasteiger partial charge in [-0.05, 0) is 50.2 Å². The summed E-state index contributed by atoms with van der Waals surface area (Å²) in [5.41, 5.74) is 7.17. The van der Waals surface area contributed by atoms with Crippen LogP contribution in [0.3, 0.4) is 0 Å². The lowest BCUT2D eigenvalue weighted by atomic mass is 10.3. The number of rotatable bonds is 8. The molecule has 0 bridgehead atoms. The number of benzene rings is 1. The van der Waals surface area contributed by atoms with Gasteiger partial charge in [0.15, 0.2) is 5.82 Å². The van der Waals surface area contributed by atoms with E-state index in [1.165, 1.54) is 46.6 Å². The van der Waals surface area contributed by atoms with Gasteiger partial charge >= 0.3 is 0 Å². The van der Waals surface area contributed by atoms with Crippen LogP contribution in [-0.4, -0.2) is 44.5 Å². The van der Waals surface area contributed by atoms with Crippen LogP contribution in [0.15, 0.2) is 52.0 Å². The van der Waals surface area contributed by atoms with E-state index in [0.29, 0.717) is 22.8 Å². The zero-order chi connectivity index (χ0) is 24.5. The molecule has 0 fully saturated rings. The van der Waals surface area contributed by atoms with Crippen LogP contribution in [0.5, 0.6) is 0 Å². The van der Waals surface area contributed by atoms with Crippen molar-refractivity contribution in [1.82, 2.24) is 29.0 Å². The molecule has 0 unspecified atom stereocenters. The third-order valence-electron chi connectivity index (χ3n) is 5.03. The number of hydrogen-bond donors (Lipinski definition) is 2. The SMILES string of the molecule is Cc1nn(Cc2nc(N)nc(Nc3ccc(F)cc3)n2)c(C)c1S(=O)(=O)N(C)Cc1ccco1. The van der Waals surface area contributed by atoms with Crippen LogP contribution >= 0.6 is 0 Å². The van der Waals surface area contributed by atoms with Crippen molar-refractivity contribution in [3.8, 4) is 0 Å². The van der Waals surface area contributed by atoms with Gasteiger partial charge in [-0.15, -0.1) is 0 Å². The zero-order valence-electron chi connectivity index (χ0n) is 18.7. The molecule has 3 heterocycles. The maximum absolute atomic E-state index is 13.2. The second-order valence-electron chi connectivity index (χ2n) is 7.56. The molecule has 0 saturated heterocycles. The summed E-state index contributed by atoms with van der Waals surface area (Å²) in [6.07, 6.45) is 1.49. The number of nitrogen functional groups attached to an aromatic ring is 1. The largest absolute Gasteiger partial charge is 0.468 e. The molecular formula is C21H23FN8O3S. The Morgan fingerprint density at radius 2 is 1.88 bits per heavy atom. The average molecular weight is 487 g/mol. The molecule has 13 heteroatoms. The Kier molecular flexibility index (Phi) is 6.30. The minimum atomic E-state index is -3.84. The van der Waals surface area contributed by atoms with Gasteiger partial charge in [0.2, 0.25) is 21.9 Å². The summed E-state index contributed by atoms with van der Waals surface area (Å²) < 4.78 is 47.6. The molecule has 0 radical (unpaired) electrons. The van der Waals surface area contributed by atoms with Gasteiger partial charge < -0.3 is 15.5 Å². The van der Waals surface area contributed by atoms with Crippen molar-refractivity contribution in [1.29, 1.82) is 0 Å². The van der Waals surface area contributed by atoms with E-state index in [1.807, 2.05) is 0 Å². The molecule has 0 amide bonds. The summed E-state index contributed by atoms with van der Waals surface area (Å²) >= 11 is 0. The maximum Gasteiger partial charge on any atom is 0.246 e. The molecule has 3 N–H and O–H groups in total. The van der Waals surface area contributed by atoms with Crippen LogP contribution in [-0.2, 0) is 23.1 Å². The molecule has 11 nitrogen and oxygen atoms in total. The molecule has 0 aliphatic carbocycles. The summed E-state index contributed by atoms with van der Waals surface area (Å²) in [5.74, 6) is 0.571. The van der Waals surface area contributed by atoms with Crippen LogP contribution in [0.4, 0.5) is 22.0 Å². The maximum atomic E-state index is 13.2. The van der Waals surface area contributed by atoms with E-state index in [1.54, 1.807) is 26.0 Å². The van der Waals surface area contributed by atoms with E-state index in [2.05, 4.69) is 25.4 Å². The highest BCUT2D eigenvalue weighted by Crippen LogP contribution is 2.24. The molecule has 178 valence electrons. The summed E-state index contributed by atoms with van der Waals surface area (Å²) in [6.45, 7) is 3.44. The lowest BCUT2D eigenvalue weighted by molar-refractivity contribution is 0.406. The van der Waals surface area contributed by atoms with Gasteiger partial charge in [0.05, 0.1) is 24.2 Å². The average Bonchev–Trinajstić information content (AvgIpc) is 3.37. The fraction of sp³-hybridized carbons (Fsp3) is 0.238. The molecule has 0 aliphatic heterocycles. The Morgan fingerprint density at radius 1 is 1.15 bits per heavy atom. The van der Waals surface area contributed by atoms with Crippen molar-refractivity contribution in [2.75, 3.05) is 18.1 Å². The van der Waals surface area contributed by atoms with E-state index in [4.69, 9.17) is 10.2 Å². The number of nitrogens with one attached hydrogen (secondary N) is 1. The highest BCUT2D eigenvalue weighted by molar-refractivity contribution is 7.89. The molecule has 3 aromatic heterocycles. The molecule has 0 spiro atoms. The second kappa shape index (κ2) is 9.19. The Balaban J connectivity index is 1.59. The number of halogens is 1. The van der Waals surface area contributed by atoms with Crippen molar-refractivity contribution in [3.05, 3.63) is 71.5 Å². The Hall–Kier alpha value is -3.84. The van der Waals surface area contributed by atoms with Gasteiger partial charge in [-0.1, -0.05) is 0 Å². The molecule has 4 rings (SSSR count). The van der Waals surface area contributed by atoms with Gasteiger partial charge in [0.1, 0.15) is 23.0 Å². The predicted molar refractivity (Wildman–Crippen MR) is 122 cm³/mol. The number of nitrogens with two attached hydrogens (primary N) is 1. The monoisotopic (exact) mass is 486 g/mol. The van der Waals surface area contributed by atoms with Crippen LogP contribution in [0, 0.1) is 19.7 Å². The van der Waals surface area contributed by atoms with Crippen molar-refractivity contribution in [2.24, 2.45) is 0 Å². The summed E-state index contributed by atoms with van der Waals surface area (Å²) in [6, 6.07) is 9.07. The minimum Gasteiger partial charge on any atom is -0.468 e. The van der Waals surface area contributed by atoms with Gasteiger partial charge in [0.25, 0.3) is 0 Å². The number of aryl methyl sites for hydroxylation is 1. The summed E-state index contributed by atoms with van der Waals surface area (Å²) in [4.78, 5) is 12.6. The second-order valence-corrected chi connectivity index (χ2v) is 9.55. The first-order chi connectivity index (χ1) is 16.1. The van der Waals surface area contributed by atoms with Crippen molar-refractivity contribution in [3.63, 3.8) is 0 Å². The predicted octanol–water partition coefficient (Wildman–Crippen LogP) is 2.61.